The molecule has 7 heteroatoms. The predicted octanol–water partition coefficient (Wildman–Crippen LogP) is 3.33. The fourth-order valence-electron chi connectivity index (χ4n) is 3.41. The maximum atomic E-state index is 12.4. The van der Waals surface area contributed by atoms with Crippen molar-refractivity contribution in [3.63, 3.8) is 0 Å². The molecule has 0 spiro atoms. The summed E-state index contributed by atoms with van der Waals surface area (Å²) < 4.78 is 15.6. The lowest BCUT2D eigenvalue weighted by Crippen LogP contribution is -2.35. The van der Waals surface area contributed by atoms with Crippen LogP contribution in [0.5, 0.6) is 5.75 Å². The van der Waals surface area contributed by atoms with Gasteiger partial charge in [0.15, 0.2) is 13.2 Å². The molecule has 29 heavy (non-hydrogen) atoms. The van der Waals surface area contributed by atoms with Gasteiger partial charge < -0.3 is 18.8 Å². The first-order valence-electron chi connectivity index (χ1n) is 9.80. The minimum Gasteiger partial charge on any atom is -0.482 e. The van der Waals surface area contributed by atoms with E-state index in [-0.39, 0.29) is 19.1 Å². The van der Waals surface area contributed by atoms with Gasteiger partial charge in [-0.25, -0.2) is 9.59 Å². The molecule has 7 nitrogen and oxygen atoms in total. The lowest BCUT2D eigenvalue weighted by Gasteiger charge is -2.26. The molecule has 0 aliphatic heterocycles. The van der Waals surface area contributed by atoms with E-state index < -0.39 is 11.6 Å². The van der Waals surface area contributed by atoms with Gasteiger partial charge in [0.05, 0.1) is 0 Å². The van der Waals surface area contributed by atoms with Crippen LogP contribution in [0.3, 0.4) is 0 Å². The average molecular weight is 399 g/mol. The molecule has 1 heterocycles. The number of hydrogen-bond acceptors (Lipinski definition) is 6. The van der Waals surface area contributed by atoms with Crippen LogP contribution in [0.15, 0.2) is 45.3 Å². The molecule has 1 aromatic carbocycles. The van der Waals surface area contributed by atoms with Gasteiger partial charge in [0.2, 0.25) is 0 Å². The topological polar surface area (TPSA) is 86.0 Å². The summed E-state index contributed by atoms with van der Waals surface area (Å²) in [5.41, 5.74) is 1.74. The number of amides is 1. The van der Waals surface area contributed by atoms with Gasteiger partial charge >= 0.3 is 11.6 Å². The van der Waals surface area contributed by atoms with Crippen molar-refractivity contribution in [3.05, 3.63) is 52.0 Å². The maximum Gasteiger partial charge on any atom is 0.344 e. The minimum absolute atomic E-state index is 0.239. The van der Waals surface area contributed by atoms with Crippen LogP contribution in [0, 0.1) is 6.92 Å². The van der Waals surface area contributed by atoms with Crippen molar-refractivity contribution >= 4 is 22.8 Å². The highest BCUT2D eigenvalue weighted by molar-refractivity contribution is 5.83. The van der Waals surface area contributed by atoms with Crippen molar-refractivity contribution < 1.29 is 23.5 Å². The molecule has 0 N–H and O–H groups in total. The average Bonchev–Trinajstić information content (AvgIpc) is 2.71. The van der Waals surface area contributed by atoms with Gasteiger partial charge in [-0.1, -0.05) is 6.08 Å². The molecule has 1 aliphatic carbocycles. The van der Waals surface area contributed by atoms with Crippen molar-refractivity contribution in [1.29, 1.82) is 0 Å². The third kappa shape index (κ3) is 5.25. The van der Waals surface area contributed by atoms with Crippen LogP contribution in [0.2, 0.25) is 0 Å². The van der Waals surface area contributed by atoms with Gasteiger partial charge in [0.1, 0.15) is 11.3 Å². The fourth-order valence-corrected chi connectivity index (χ4v) is 3.41. The number of carbonyl (C=O) groups excluding carboxylic acids is 2. The zero-order valence-electron chi connectivity index (χ0n) is 16.7. The Morgan fingerprint density at radius 2 is 2.00 bits per heavy atom. The Labute approximate surface area is 168 Å². The highest BCUT2D eigenvalue weighted by atomic mass is 16.6. The number of ether oxygens (including phenoxy) is 2. The second kappa shape index (κ2) is 9.41. The largest absolute Gasteiger partial charge is 0.482 e. The van der Waals surface area contributed by atoms with E-state index in [1.165, 1.54) is 6.07 Å². The Hall–Kier alpha value is -3.09. The van der Waals surface area contributed by atoms with Crippen LogP contribution in [0.1, 0.15) is 38.2 Å². The Morgan fingerprint density at radius 3 is 2.72 bits per heavy atom. The molecular weight excluding hydrogens is 374 g/mol. The van der Waals surface area contributed by atoms with Crippen molar-refractivity contribution in [3.8, 4) is 5.75 Å². The zero-order chi connectivity index (χ0) is 20.8. The molecule has 0 unspecified atom stereocenters. The summed E-state index contributed by atoms with van der Waals surface area (Å²) in [6.07, 6.45) is 6.12. The van der Waals surface area contributed by atoms with Crippen LogP contribution >= 0.6 is 0 Å². The Kier molecular flexibility index (Phi) is 6.69. The summed E-state index contributed by atoms with van der Waals surface area (Å²) in [7, 11) is 0. The smallest absolute Gasteiger partial charge is 0.344 e. The number of allylic oxidation sites excluding steroid dienone is 2. The molecule has 0 atom stereocenters. The summed E-state index contributed by atoms with van der Waals surface area (Å²) in [5.74, 6) is -0.508. The molecule has 0 fully saturated rings. The molecular formula is C22H25NO6. The second-order valence-electron chi connectivity index (χ2n) is 6.94. The molecule has 1 amide bonds. The van der Waals surface area contributed by atoms with Crippen LogP contribution in [-0.4, -0.2) is 36.5 Å². The number of likely N-dealkylation sites (N-methyl/N-ethyl adjacent to an activating group) is 1. The zero-order valence-corrected chi connectivity index (χ0v) is 16.7. The van der Waals surface area contributed by atoms with E-state index in [9.17, 15) is 14.4 Å². The van der Waals surface area contributed by atoms with E-state index in [4.69, 9.17) is 13.9 Å². The van der Waals surface area contributed by atoms with E-state index in [2.05, 4.69) is 6.08 Å². The number of benzene rings is 1. The monoisotopic (exact) mass is 399 g/mol. The first-order chi connectivity index (χ1) is 14.0. The maximum absolute atomic E-state index is 12.4. The highest BCUT2D eigenvalue weighted by Gasteiger charge is 2.19. The molecule has 1 aliphatic rings. The van der Waals surface area contributed by atoms with Crippen molar-refractivity contribution in [2.45, 2.75) is 39.5 Å². The Bertz CT molecular complexity index is 990. The molecule has 0 bridgehead atoms. The number of carbonyl (C=O) groups is 2. The number of nitrogens with zero attached hydrogens (tertiary/aromatic N) is 1. The quantitative estimate of drug-likeness (QED) is 0.524. The fraction of sp³-hybridized carbons (Fsp3) is 0.409. The lowest BCUT2D eigenvalue weighted by atomic mass is 10.0. The first-order valence-corrected chi connectivity index (χ1v) is 9.80. The van der Waals surface area contributed by atoms with Gasteiger partial charge in [0.25, 0.3) is 5.91 Å². The number of aryl methyl sites for hydroxylation is 1. The van der Waals surface area contributed by atoms with Crippen LogP contribution < -0.4 is 10.4 Å². The minimum atomic E-state index is -0.641. The summed E-state index contributed by atoms with van der Waals surface area (Å²) in [6, 6.07) is 6.41. The van der Waals surface area contributed by atoms with E-state index in [0.717, 1.165) is 42.3 Å². The standard InChI is InChI=1S/C22H25NO6/c1-3-23(16-7-5-4-6-8-16)20(24)13-28-22(26)14-27-17-9-10-18-15(2)11-21(25)29-19(18)12-17/h7,9-12H,3-6,8,13-14H2,1-2H3. The van der Waals surface area contributed by atoms with Gasteiger partial charge in [0, 0.05) is 29.8 Å². The van der Waals surface area contributed by atoms with E-state index in [1.54, 1.807) is 23.1 Å². The van der Waals surface area contributed by atoms with Gasteiger partial charge in [-0.3, -0.25) is 4.79 Å². The lowest BCUT2D eigenvalue weighted by molar-refractivity contribution is -0.153. The normalized spacial score (nSPS) is 13.7. The SMILES string of the molecule is CCN(C(=O)COC(=O)COc1ccc2c(C)cc(=O)oc2c1)C1=CCCCC1. The van der Waals surface area contributed by atoms with E-state index in [1.807, 2.05) is 13.8 Å². The molecule has 1 aromatic heterocycles. The number of rotatable bonds is 7. The van der Waals surface area contributed by atoms with E-state index in [0.29, 0.717) is 17.9 Å². The Morgan fingerprint density at radius 1 is 1.17 bits per heavy atom. The number of fused-ring (bicyclic) bond motifs is 1. The number of esters is 1. The predicted molar refractivity (Wildman–Crippen MR) is 108 cm³/mol. The summed E-state index contributed by atoms with van der Waals surface area (Å²) in [4.78, 5) is 37.5. The molecule has 0 saturated heterocycles. The summed E-state index contributed by atoms with van der Waals surface area (Å²) >= 11 is 0. The first kappa shape index (κ1) is 20.6. The van der Waals surface area contributed by atoms with Crippen molar-refractivity contribution in [2.24, 2.45) is 0 Å². The van der Waals surface area contributed by atoms with Gasteiger partial charge in [-0.15, -0.1) is 0 Å². The molecule has 0 radical (unpaired) electrons. The van der Waals surface area contributed by atoms with Gasteiger partial charge in [-0.2, -0.15) is 0 Å². The third-order valence-corrected chi connectivity index (χ3v) is 4.87. The molecule has 154 valence electrons. The van der Waals surface area contributed by atoms with Crippen LogP contribution in [0.4, 0.5) is 0 Å². The van der Waals surface area contributed by atoms with Crippen molar-refractivity contribution in [2.75, 3.05) is 19.8 Å². The number of hydrogen-bond donors (Lipinski definition) is 0. The second-order valence-corrected chi connectivity index (χ2v) is 6.94. The van der Waals surface area contributed by atoms with Crippen LogP contribution in [-0.2, 0) is 14.3 Å². The van der Waals surface area contributed by atoms with Crippen LogP contribution in [0.25, 0.3) is 11.0 Å². The Balaban J connectivity index is 1.53. The molecule has 3 rings (SSSR count). The summed E-state index contributed by atoms with van der Waals surface area (Å²) in [6.45, 7) is 3.60. The van der Waals surface area contributed by atoms with E-state index >= 15 is 0 Å². The summed E-state index contributed by atoms with van der Waals surface area (Å²) in [5, 5.41) is 0.793. The third-order valence-electron chi connectivity index (χ3n) is 4.87. The molecule has 2 aromatic rings. The van der Waals surface area contributed by atoms with Crippen molar-refractivity contribution in [1.82, 2.24) is 4.90 Å². The molecule has 0 saturated carbocycles. The van der Waals surface area contributed by atoms with Gasteiger partial charge in [-0.05, 0) is 57.2 Å². The highest BCUT2D eigenvalue weighted by Crippen LogP contribution is 2.22.